The molecule has 0 N–H and O–H groups in total. The molecule has 0 amide bonds. The molecule has 3 atom stereocenters. The third-order valence-corrected chi connectivity index (χ3v) is 3.55. The van der Waals surface area contributed by atoms with E-state index in [-0.39, 0.29) is 0 Å². The summed E-state index contributed by atoms with van der Waals surface area (Å²) in [6.45, 7) is 12.9. The summed E-state index contributed by atoms with van der Waals surface area (Å²) < 4.78 is 0. The summed E-state index contributed by atoms with van der Waals surface area (Å²) in [6.07, 6.45) is 2.94. The van der Waals surface area contributed by atoms with Crippen LogP contribution in [0.3, 0.4) is 0 Å². The van der Waals surface area contributed by atoms with Gasteiger partial charge in [-0.05, 0) is 43.7 Å². The van der Waals surface area contributed by atoms with Crippen LogP contribution >= 0.6 is 0 Å². The van der Waals surface area contributed by atoms with E-state index in [0.717, 1.165) is 17.8 Å². The summed E-state index contributed by atoms with van der Waals surface area (Å²) in [5.74, 6) is 3.00. The Kier molecular flexibility index (Phi) is 4.24. The van der Waals surface area contributed by atoms with Crippen molar-refractivity contribution in [3.05, 3.63) is 0 Å². The average Bonchev–Trinajstić information content (AvgIpc) is 2.51. The zero-order valence-corrected chi connectivity index (χ0v) is 9.71. The maximum Gasteiger partial charge on any atom is 0.00129 e. The van der Waals surface area contributed by atoms with Gasteiger partial charge in [0.15, 0.2) is 0 Å². The molecule has 2 aliphatic heterocycles. The van der Waals surface area contributed by atoms with E-state index in [0.29, 0.717) is 0 Å². The minimum atomic E-state index is 0.917. The summed E-state index contributed by atoms with van der Waals surface area (Å²) in [4.78, 5) is 2.63. The van der Waals surface area contributed by atoms with Gasteiger partial charge < -0.3 is 4.90 Å². The molecule has 0 aromatic rings. The fraction of sp³-hybridized carbons (Fsp3) is 1.00. The number of rotatable bonds is 1. The third-order valence-electron chi connectivity index (χ3n) is 3.55. The Hall–Kier alpha value is -0.0400. The second-order valence-electron chi connectivity index (χ2n) is 4.55. The second kappa shape index (κ2) is 4.99. The van der Waals surface area contributed by atoms with Crippen LogP contribution in [-0.2, 0) is 0 Å². The highest BCUT2D eigenvalue weighted by atomic mass is 15.2. The van der Waals surface area contributed by atoms with E-state index in [1.165, 1.54) is 32.5 Å². The molecule has 0 radical (unpaired) electrons. The zero-order chi connectivity index (χ0) is 9.84. The van der Waals surface area contributed by atoms with Gasteiger partial charge >= 0.3 is 0 Å². The average molecular weight is 183 g/mol. The Bertz CT molecular complexity index is 142. The van der Waals surface area contributed by atoms with Gasteiger partial charge in [0.25, 0.3) is 0 Å². The predicted octanol–water partition coefficient (Wildman–Crippen LogP) is 3.01. The second-order valence-corrected chi connectivity index (χ2v) is 4.55. The van der Waals surface area contributed by atoms with E-state index in [9.17, 15) is 0 Å². The van der Waals surface area contributed by atoms with Gasteiger partial charge in [-0.3, -0.25) is 0 Å². The van der Waals surface area contributed by atoms with Crippen LogP contribution in [0.5, 0.6) is 0 Å². The quantitative estimate of drug-likeness (QED) is 0.604. The van der Waals surface area contributed by atoms with Crippen molar-refractivity contribution in [3.8, 4) is 0 Å². The number of fused-ring (bicyclic) bond motifs is 2. The molecule has 3 unspecified atom stereocenters. The normalized spacial score (nSPS) is 37.2. The Morgan fingerprint density at radius 1 is 1.08 bits per heavy atom. The third kappa shape index (κ3) is 2.46. The molecule has 2 heterocycles. The highest BCUT2D eigenvalue weighted by Gasteiger charge is 2.35. The first kappa shape index (κ1) is 11.0. The molecule has 0 aromatic carbocycles. The molecule has 0 aliphatic carbocycles. The standard InChI is InChI=1S/C10H19N.C2H6/c1-8(2)10-4-6-11-5-3-9(10)7-11;1-2/h8-10H,3-7H2,1-2H3;1-2H3. The van der Waals surface area contributed by atoms with Crippen LogP contribution in [0.1, 0.15) is 40.5 Å². The molecule has 2 saturated heterocycles. The number of piperidine rings is 1. The van der Waals surface area contributed by atoms with Gasteiger partial charge in [0.1, 0.15) is 0 Å². The summed E-state index contributed by atoms with van der Waals surface area (Å²) >= 11 is 0. The minimum absolute atomic E-state index is 0.917. The van der Waals surface area contributed by atoms with Gasteiger partial charge in [0.05, 0.1) is 0 Å². The van der Waals surface area contributed by atoms with Gasteiger partial charge in [0, 0.05) is 6.54 Å². The molecule has 1 nitrogen and oxygen atoms in total. The largest absolute Gasteiger partial charge is 0.303 e. The SMILES string of the molecule is CC.CC(C)C1CCN2CCC1C2. The van der Waals surface area contributed by atoms with Gasteiger partial charge in [-0.1, -0.05) is 27.7 Å². The van der Waals surface area contributed by atoms with E-state index in [1.807, 2.05) is 13.8 Å². The molecule has 2 bridgehead atoms. The van der Waals surface area contributed by atoms with Crippen molar-refractivity contribution in [2.24, 2.45) is 17.8 Å². The highest BCUT2D eigenvalue weighted by molar-refractivity contribution is 4.87. The fourth-order valence-corrected chi connectivity index (χ4v) is 2.86. The Balaban J connectivity index is 0.000000396. The maximum absolute atomic E-state index is 2.63. The lowest BCUT2D eigenvalue weighted by Gasteiger charge is -2.32. The van der Waals surface area contributed by atoms with Crippen LogP contribution in [0.2, 0.25) is 0 Å². The monoisotopic (exact) mass is 183 g/mol. The summed E-state index contributed by atoms with van der Waals surface area (Å²) in [5, 5.41) is 0. The predicted molar refractivity (Wildman–Crippen MR) is 58.8 cm³/mol. The Morgan fingerprint density at radius 3 is 2.31 bits per heavy atom. The molecule has 0 spiro atoms. The summed E-state index contributed by atoms with van der Waals surface area (Å²) in [6, 6.07) is 0. The first-order valence-electron chi connectivity index (χ1n) is 5.99. The molecule has 78 valence electrons. The number of hydrogen-bond donors (Lipinski definition) is 0. The summed E-state index contributed by atoms with van der Waals surface area (Å²) in [7, 11) is 0. The van der Waals surface area contributed by atoms with E-state index in [1.54, 1.807) is 0 Å². The molecular formula is C12H25N. The van der Waals surface area contributed by atoms with Crippen LogP contribution in [-0.4, -0.2) is 24.5 Å². The van der Waals surface area contributed by atoms with E-state index in [4.69, 9.17) is 0 Å². The Labute approximate surface area is 83.5 Å². The van der Waals surface area contributed by atoms with Crippen molar-refractivity contribution in [2.45, 2.75) is 40.5 Å². The van der Waals surface area contributed by atoms with Crippen LogP contribution in [0.4, 0.5) is 0 Å². The Morgan fingerprint density at radius 2 is 1.69 bits per heavy atom. The first-order chi connectivity index (χ1) is 6.27. The van der Waals surface area contributed by atoms with E-state index < -0.39 is 0 Å². The van der Waals surface area contributed by atoms with Crippen LogP contribution in [0, 0.1) is 17.8 Å². The van der Waals surface area contributed by atoms with Crippen LogP contribution in [0.25, 0.3) is 0 Å². The highest BCUT2D eigenvalue weighted by Crippen LogP contribution is 2.36. The lowest BCUT2D eigenvalue weighted by atomic mass is 9.79. The maximum atomic E-state index is 2.63. The van der Waals surface area contributed by atoms with Crippen LogP contribution in [0.15, 0.2) is 0 Å². The van der Waals surface area contributed by atoms with Gasteiger partial charge in [-0.25, -0.2) is 0 Å². The number of hydrogen-bond acceptors (Lipinski definition) is 1. The van der Waals surface area contributed by atoms with E-state index >= 15 is 0 Å². The van der Waals surface area contributed by atoms with Crippen molar-refractivity contribution in [1.82, 2.24) is 4.90 Å². The van der Waals surface area contributed by atoms with Gasteiger partial charge in [-0.2, -0.15) is 0 Å². The molecule has 2 aliphatic rings. The van der Waals surface area contributed by atoms with Crippen molar-refractivity contribution in [2.75, 3.05) is 19.6 Å². The molecule has 2 fully saturated rings. The lowest BCUT2D eigenvalue weighted by Crippen LogP contribution is -2.34. The molecule has 2 rings (SSSR count). The number of nitrogens with zero attached hydrogens (tertiary/aromatic N) is 1. The van der Waals surface area contributed by atoms with Gasteiger partial charge in [-0.15, -0.1) is 0 Å². The van der Waals surface area contributed by atoms with Gasteiger partial charge in [0.2, 0.25) is 0 Å². The minimum Gasteiger partial charge on any atom is -0.303 e. The smallest absolute Gasteiger partial charge is 0.00129 e. The van der Waals surface area contributed by atoms with Crippen molar-refractivity contribution in [1.29, 1.82) is 0 Å². The zero-order valence-electron chi connectivity index (χ0n) is 9.71. The fourth-order valence-electron chi connectivity index (χ4n) is 2.86. The molecule has 0 saturated carbocycles. The first-order valence-corrected chi connectivity index (χ1v) is 5.99. The van der Waals surface area contributed by atoms with Crippen molar-refractivity contribution >= 4 is 0 Å². The molecule has 13 heavy (non-hydrogen) atoms. The van der Waals surface area contributed by atoms with E-state index in [2.05, 4.69) is 18.7 Å². The molecular weight excluding hydrogens is 158 g/mol. The summed E-state index contributed by atoms with van der Waals surface area (Å²) in [5.41, 5.74) is 0. The topological polar surface area (TPSA) is 3.24 Å². The van der Waals surface area contributed by atoms with Crippen molar-refractivity contribution < 1.29 is 0 Å². The lowest BCUT2D eigenvalue weighted by molar-refractivity contribution is 0.163. The van der Waals surface area contributed by atoms with Crippen LogP contribution < -0.4 is 0 Å². The molecule has 0 aromatic heterocycles. The molecule has 1 heteroatoms. The van der Waals surface area contributed by atoms with Crippen molar-refractivity contribution in [3.63, 3.8) is 0 Å².